The van der Waals surface area contributed by atoms with E-state index in [2.05, 4.69) is 17.6 Å². The second-order valence-corrected chi connectivity index (χ2v) is 7.53. The van der Waals surface area contributed by atoms with E-state index in [4.69, 9.17) is 0 Å². The lowest BCUT2D eigenvalue weighted by atomic mass is 9.83. The average Bonchev–Trinajstić information content (AvgIpc) is 3.17. The van der Waals surface area contributed by atoms with E-state index in [9.17, 15) is 9.59 Å². The lowest BCUT2D eigenvalue weighted by Crippen LogP contribution is -2.43. The van der Waals surface area contributed by atoms with Gasteiger partial charge in [0.15, 0.2) is 0 Å². The Morgan fingerprint density at radius 3 is 2.83 bits per heavy atom. The van der Waals surface area contributed by atoms with Gasteiger partial charge in [-0.2, -0.15) is 0 Å². The zero-order chi connectivity index (χ0) is 16.0. The van der Waals surface area contributed by atoms with Crippen molar-refractivity contribution in [2.45, 2.75) is 51.0 Å². The predicted molar refractivity (Wildman–Crippen MR) is 89.0 cm³/mol. The van der Waals surface area contributed by atoms with Crippen molar-refractivity contribution in [2.75, 3.05) is 5.32 Å². The van der Waals surface area contributed by atoms with Crippen LogP contribution >= 0.6 is 0 Å². The maximum Gasteiger partial charge on any atom is 0.228 e. The third kappa shape index (κ3) is 2.64. The molecule has 0 spiro atoms. The van der Waals surface area contributed by atoms with Crippen LogP contribution in [-0.4, -0.2) is 17.9 Å². The van der Waals surface area contributed by atoms with Crippen molar-refractivity contribution < 1.29 is 9.59 Å². The monoisotopic (exact) mass is 312 g/mol. The molecule has 2 aliphatic carbocycles. The molecule has 5 unspecified atom stereocenters. The first-order valence-corrected chi connectivity index (χ1v) is 8.81. The van der Waals surface area contributed by atoms with E-state index in [-0.39, 0.29) is 30.2 Å². The highest BCUT2D eigenvalue weighted by molar-refractivity contribution is 6.01. The molecule has 1 heterocycles. The Kier molecular flexibility index (Phi) is 3.63. The van der Waals surface area contributed by atoms with Gasteiger partial charge in [0.05, 0.1) is 5.92 Å². The van der Waals surface area contributed by atoms with E-state index in [1.807, 2.05) is 24.3 Å². The third-order valence-corrected chi connectivity index (χ3v) is 6.12. The average molecular weight is 312 g/mol. The molecule has 23 heavy (non-hydrogen) atoms. The van der Waals surface area contributed by atoms with E-state index < -0.39 is 0 Å². The first-order chi connectivity index (χ1) is 11.1. The second-order valence-electron chi connectivity index (χ2n) is 7.53. The van der Waals surface area contributed by atoms with Crippen LogP contribution in [0.1, 0.15) is 50.5 Å². The predicted octanol–water partition coefficient (Wildman–Crippen LogP) is 3.05. The van der Waals surface area contributed by atoms with E-state index in [0.717, 1.165) is 23.1 Å². The molecule has 2 saturated carbocycles. The van der Waals surface area contributed by atoms with Crippen molar-refractivity contribution in [3.63, 3.8) is 0 Å². The minimum absolute atomic E-state index is 0.00238. The summed E-state index contributed by atoms with van der Waals surface area (Å²) in [5.41, 5.74) is 1.71. The van der Waals surface area contributed by atoms with Crippen LogP contribution in [0.15, 0.2) is 24.3 Å². The molecule has 2 N–H and O–H groups in total. The van der Waals surface area contributed by atoms with Gasteiger partial charge in [0, 0.05) is 18.2 Å². The standard InChI is InChI=1S/C19H24N2O2/c1-11(15-9-12-6-7-13(15)8-12)20-19(23)16-10-18(22)21-17-5-3-2-4-14(16)17/h2-5,11-13,15-16H,6-10H2,1H3,(H,20,23)(H,21,22). The fourth-order valence-corrected chi connectivity index (χ4v) is 4.98. The Hall–Kier alpha value is -1.84. The SMILES string of the molecule is CC(NC(=O)C1CC(=O)Nc2ccccc21)C1CC2CCC1C2. The molecular formula is C19H24N2O2. The quantitative estimate of drug-likeness (QED) is 0.901. The molecule has 2 bridgehead atoms. The van der Waals surface area contributed by atoms with Crippen LogP contribution in [-0.2, 0) is 9.59 Å². The topological polar surface area (TPSA) is 58.2 Å². The van der Waals surface area contributed by atoms with Crippen molar-refractivity contribution in [1.29, 1.82) is 0 Å². The highest BCUT2D eigenvalue weighted by Gasteiger charge is 2.42. The van der Waals surface area contributed by atoms with Crippen LogP contribution in [0.5, 0.6) is 0 Å². The molecule has 4 rings (SSSR count). The number of benzene rings is 1. The third-order valence-electron chi connectivity index (χ3n) is 6.12. The molecule has 2 fully saturated rings. The molecular weight excluding hydrogens is 288 g/mol. The molecule has 0 radical (unpaired) electrons. The maximum absolute atomic E-state index is 12.8. The molecule has 1 aromatic rings. The fraction of sp³-hybridized carbons (Fsp3) is 0.579. The smallest absolute Gasteiger partial charge is 0.228 e. The number of carbonyl (C=O) groups excluding carboxylic acids is 2. The van der Waals surface area contributed by atoms with E-state index in [1.165, 1.54) is 25.7 Å². The summed E-state index contributed by atoms with van der Waals surface area (Å²) in [4.78, 5) is 24.7. The van der Waals surface area contributed by atoms with Crippen molar-refractivity contribution >= 4 is 17.5 Å². The summed E-state index contributed by atoms with van der Waals surface area (Å²) >= 11 is 0. The van der Waals surface area contributed by atoms with Crippen LogP contribution in [0.25, 0.3) is 0 Å². The number of para-hydroxylation sites is 1. The Bertz CT molecular complexity index is 642. The van der Waals surface area contributed by atoms with Gasteiger partial charge in [-0.3, -0.25) is 9.59 Å². The van der Waals surface area contributed by atoms with Gasteiger partial charge in [0.1, 0.15) is 0 Å². The van der Waals surface area contributed by atoms with Crippen LogP contribution in [0.4, 0.5) is 5.69 Å². The Morgan fingerprint density at radius 1 is 1.26 bits per heavy atom. The number of amides is 2. The van der Waals surface area contributed by atoms with Gasteiger partial charge in [-0.05, 0) is 55.6 Å². The van der Waals surface area contributed by atoms with Crippen LogP contribution < -0.4 is 10.6 Å². The first kappa shape index (κ1) is 14.7. The molecule has 122 valence electrons. The minimum Gasteiger partial charge on any atom is -0.353 e. The van der Waals surface area contributed by atoms with E-state index in [0.29, 0.717) is 5.92 Å². The first-order valence-electron chi connectivity index (χ1n) is 8.81. The zero-order valence-corrected chi connectivity index (χ0v) is 13.5. The van der Waals surface area contributed by atoms with Gasteiger partial charge in [-0.25, -0.2) is 0 Å². The molecule has 4 heteroatoms. The lowest BCUT2D eigenvalue weighted by molar-refractivity contribution is -0.127. The number of rotatable bonds is 3. The summed E-state index contributed by atoms with van der Waals surface area (Å²) in [5.74, 6) is 1.85. The highest BCUT2D eigenvalue weighted by Crippen LogP contribution is 2.49. The minimum atomic E-state index is -0.360. The molecule has 5 atom stereocenters. The maximum atomic E-state index is 12.8. The normalized spacial score (nSPS) is 33.0. The van der Waals surface area contributed by atoms with Crippen LogP contribution in [0, 0.1) is 17.8 Å². The summed E-state index contributed by atoms with van der Waals surface area (Å²) in [5, 5.41) is 6.08. The molecule has 1 aromatic carbocycles. The summed E-state index contributed by atoms with van der Waals surface area (Å²) in [6.45, 7) is 2.14. The summed E-state index contributed by atoms with van der Waals surface area (Å²) in [6, 6.07) is 7.83. The second kappa shape index (κ2) is 5.66. The molecule has 0 saturated heterocycles. The van der Waals surface area contributed by atoms with Crippen LogP contribution in [0.2, 0.25) is 0 Å². The van der Waals surface area contributed by atoms with Gasteiger partial charge in [-0.1, -0.05) is 24.6 Å². The highest BCUT2D eigenvalue weighted by atomic mass is 16.2. The van der Waals surface area contributed by atoms with Gasteiger partial charge >= 0.3 is 0 Å². The summed E-state index contributed by atoms with van der Waals surface area (Å²) in [6.07, 6.45) is 5.54. The molecule has 0 aromatic heterocycles. The van der Waals surface area contributed by atoms with Crippen LogP contribution in [0.3, 0.4) is 0 Å². The van der Waals surface area contributed by atoms with Crippen molar-refractivity contribution in [3.05, 3.63) is 29.8 Å². The summed E-state index contributed by atoms with van der Waals surface area (Å²) in [7, 11) is 0. The Morgan fingerprint density at radius 2 is 2.09 bits per heavy atom. The van der Waals surface area contributed by atoms with E-state index in [1.54, 1.807) is 0 Å². The number of hydrogen-bond acceptors (Lipinski definition) is 2. The Labute approximate surface area is 137 Å². The Balaban J connectivity index is 1.48. The number of hydrogen-bond donors (Lipinski definition) is 2. The molecule has 4 nitrogen and oxygen atoms in total. The molecule has 3 aliphatic rings. The van der Waals surface area contributed by atoms with Gasteiger partial charge in [-0.15, -0.1) is 0 Å². The van der Waals surface area contributed by atoms with Gasteiger partial charge < -0.3 is 10.6 Å². The van der Waals surface area contributed by atoms with Crippen molar-refractivity contribution in [2.24, 2.45) is 17.8 Å². The molecule has 1 aliphatic heterocycles. The fourth-order valence-electron chi connectivity index (χ4n) is 4.98. The number of fused-ring (bicyclic) bond motifs is 3. The van der Waals surface area contributed by atoms with Crippen molar-refractivity contribution in [3.8, 4) is 0 Å². The largest absolute Gasteiger partial charge is 0.353 e. The van der Waals surface area contributed by atoms with Gasteiger partial charge in [0.2, 0.25) is 11.8 Å². The number of anilines is 1. The zero-order valence-electron chi connectivity index (χ0n) is 13.5. The van der Waals surface area contributed by atoms with Gasteiger partial charge in [0.25, 0.3) is 0 Å². The number of carbonyl (C=O) groups is 2. The van der Waals surface area contributed by atoms with E-state index >= 15 is 0 Å². The lowest BCUT2D eigenvalue weighted by Gasteiger charge is -2.31. The molecule has 2 amide bonds. The number of nitrogens with one attached hydrogen (secondary N) is 2. The summed E-state index contributed by atoms with van der Waals surface area (Å²) < 4.78 is 0. The van der Waals surface area contributed by atoms with Crippen molar-refractivity contribution in [1.82, 2.24) is 5.32 Å².